The molecule has 0 saturated carbocycles. The van der Waals surface area contributed by atoms with Crippen LogP contribution in [0, 0.1) is 5.82 Å². The summed E-state index contributed by atoms with van der Waals surface area (Å²) in [5.41, 5.74) is 1.36. The number of rotatable bonds is 3. The number of aliphatic carboxylic acids is 1. The van der Waals surface area contributed by atoms with Crippen LogP contribution < -0.4 is 0 Å². The molecule has 3 aromatic rings. The summed E-state index contributed by atoms with van der Waals surface area (Å²) in [6, 6.07) is 12.5. The largest absolute Gasteiger partial charge is 0.481 e. The molecule has 3 rings (SSSR count). The first kappa shape index (κ1) is 14.0. The Bertz CT molecular complexity index is 882. The van der Waals surface area contributed by atoms with Gasteiger partial charge in [0, 0.05) is 17.1 Å². The molecule has 1 heterocycles. The molecule has 0 atom stereocenters. The zero-order valence-corrected chi connectivity index (χ0v) is 11.5. The molecule has 0 fully saturated rings. The Morgan fingerprint density at radius 2 is 1.86 bits per heavy atom. The average Bonchev–Trinajstić information content (AvgIpc) is 2.85. The van der Waals surface area contributed by atoms with Gasteiger partial charge in [-0.3, -0.25) is 14.2 Å². The van der Waals surface area contributed by atoms with E-state index >= 15 is 0 Å². The van der Waals surface area contributed by atoms with Crippen LogP contribution in [-0.2, 0) is 11.2 Å². The Hall–Kier alpha value is -2.95. The van der Waals surface area contributed by atoms with E-state index in [4.69, 9.17) is 5.11 Å². The van der Waals surface area contributed by atoms with E-state index in [0.717, 1.165) is 6.07 Å². The molecule has 0 saturated heterocycles. The predicted octanol–water partition coefficient (Wildman–Crippen LogP) is 3.10. The minimum Gasteiger partial charge on any atom is -0.481 e. The molecule has 0 spiro atoms. The van der Waals surface area contributed by atoms with Crippen LogP contribution in [-0.4, -0.2) is 21.6 Å². The second-order valence-corrected chi connectivity index (χ2v) is 4.93. The third-order valence-corrected chi connectivity index (χ3v) is 3.43. The Balaban J connectivity index is 2.14. The van der Waals surface area contributed by atoms with E-state index in [-0.39, 0.29) is 12.0 Å². The molecule has 0 aliphatic carbocycles. The van der Waals surface area contributed by atoms with Gasteiger partial charge in [0.2, 0.25) is 0 Å². The summed E-state index contributed by atoms with van der Waals surface area (Å²) in [6.07, 6.45) is 1.33. The van der Waals surface area contributed by atoms with Crippen LogP contribution in [0.2, 0.25) is 0 Å². The average molecular weight is 297 g/mol. The number of nitrogens with zero attached hydrogens (tertiary/aromatic N) is 1. The smallest absolute Gasteiger partial charge is 0.307 e. The molecule has 0 aliphatic heterocycles. The molecule has 110 valence electrons. The van der Waals surface area contributed by atoms with Gasteiger partial charge in [-0.25, -0.2) is 4.39 Å². The van der Waals surface area contributed by atoms with E-state index in [2.05, 4.69) is 0 Å². The van der Waals surface area contributed by atoms with Crippen LogP contribution in [0.25, 0.3) is 10.9 Å². The first-order valence-electron chi connectivity index (χ1n) is 6.67. The van der Waals surface area contributed by atoms with Crippen molar-refractivity contribution in [2.24, 2.45) is 0 Å². The lowest BCUT2D eigenvalue weighted by Gasteiger charge is -2.04. The van der Waals surface area contributed by atoms with Crippen LogP contribution in [0.4, 0.5) is 4.39 Å². The van der Waals surface area contributed by atoms with Crippen molar-refractivity contribution in [2.45, 2.75) is 6.42 Å². The normalized spacial score (nSPS) is 10.8. The second-order valence-electron chi connectivity index (χ2n) is 4.93. The van der Waals surface area contributed by atoms with E-state index in [9.17, 15) is 14.0 Å². The number of carbonyl (C=O) groups excluding carboxylic acids is 1. The lowest BCUT2D eigenvalue weighted by molar-refractivity contribution is -0.136. The van der Waals surface area contributed by atoms with Gasteiger partial charge in [0.25, 0.3) is 5.91 Å². The van der Waals surface area contributed by atoms with Gasteiger partial charge in [0.1, 0.15) is 5.82 Å². The summed E-state index contributed by atoms with van der Waals surface area (Å²) in [5, 5.41) is 9.69. The zero-order chi connectivity index (χ0) is 15.7. The van der Waals surface area contributed by atoms with Crippen molar-refractivity contribution in [2.75, 3.05) is 0 Å². The summed E-state index contributed by atoms with van der Waals surface area (Å²) in [4.78, 5) is 23.5. The third-order valence-electron chi connectivity index (χ3n) is 3.43. The molecular weight excluding hydrogens is 285 g/mol. The van der Waals surface area contributed by atoms with Gasteiger partial charge in [-0.1, -0.05) is 24.3 Å². The fourth-order valence-electron chi connectivity index (χ4n) is 2.48. The summed E-state index contributed by atoms with van der Waals surface area (Å²) in [6.45, 7) is 0. The molecule has 1 aromatic heterocycles. The van der Waals surface area contributed by atoms with Crippen molar-refractivity contribution >= 4 is 22.8 Å². The highest BCUT2D eigenvalue weighted by molar-refractivity contribution is 6.03. The Morgan fingerprint density at radius 3 is 2.59 bits per heavy atom. The maximum absolute atomic E-state index is 13.3. The molecular formula is C17H12FNO3. The fraction of sp³-hybridized carbons (Fsp3) is 0.0588. The topological polar surface area (TPSA) is 59.3 Å². The van der Waals surface area contributed by atoms with E-state index in [0.29, 0.717) is 16.5 Å². The van der Waals surface area contributed by atoms with Crippen LogP contribution in [0.3, 0.4) is 0 Å². The number of fused-ring (bicyclic) bond motifs is 1. The molecule has 0 unspecified atom stereocenters. The summed E-state index contributed by atoms with van der Waals surface area (Å²) < 4.78 is 14.7. The monoisotopic (exact) mass is 297 g/mol. The lowest BCUT2D eigenvalue weighted by atomic mass is 10.1. The number of halogens is 1. The highest BCUT2D eigenvalue weighted by Gasteiger charge is 2.16. The fourth-order valence-corrected chi connectivity index (χ4v) is 2.48. The molecule has 22 heavy (non-hydrogen) atoms. The number of carboxylic acids is 1. The van der Waals surface area contributed by atoms with Crippen molar-refractivity contribution in [3.05, 3.63) is 71.7 Å². The third kappa shape index (κ3) is 2.48. The van der Waals surface area contributed by atoms with Crippen molar-refractivity contribution in [3.63, 3.8) is 0 Å². The Labute approximate surface area is 125 Å². The van der Waals surface area contributed by atoms with E-state index in [1.54, 1.807) is 24.3 Å². The molecule has 2 aromatic carbocycles. The first-order valence-corrected chi connectivity index (χ1v) is 6.67. The van der Waals surface area contributed by atoms with Gasteiger partial charge in [0.15, 0.2) is 0 Å². The molecule has 0 bridgehead atoms. The number of aromatic nitrogens is 1. The molecule has 0 radical (unpaired) electrons. The van der Waals surface area contributed by atoms with Gasteiger partial charge in [-0.2, -0.15) is 0 Å². The van der Waals surface area contributed by atoms with E-state index in [1.807, 2.05) is 0 Å². The number of benzene rings is 2. The summed E-state index contributed by atoms with van der Waals surface area (Å²) in [7, 11) is 0. The highest BCUT2D eigenvalue weighted by Crippen LogP contribution is 2.23. The van der Waals surface area contributed by atoms with Gasteiger partial charge in [0.05, 0.1) is 11.9 Å². The molecule has 1 N–H and O–H groups in total. The van der Waals surface area contributed by atoms with Crippen LogP contribution in [0.5, 0.6) is 0 Å². The van der Waals surface area contributed by atoms with E-state index < -0.39 is 17.7 Å². The number of para-hydroxylation sites is 1. The minimum absolute atomic E-state index is 0.177. The van der Waals surface area contributed by atoms with Crippen LogP contribution >= 0.6 is 0 Å². The predicted molar refractivity (Wildman–Crippen MR) is 79.4 cm³/mol. The molecule has 5 heteroatoms. The quantitative estimate of drug-likeness (QED) is 0.808. The zero-order valence-electron chi connectivity index (χ0n) is 11.5. The number of carbonyl (C=O) groups is 2. The SMILES string of the molecule is O=C(O)Cc1cn(C(=O)c2cccc(F)c2)c2ccccc12. The van der Waals surface area contributed by atoms with Gasteiger partial charge >= 0.3 is 5.97 Å². The highest BCUT2D eigenvalue weighted by atomic mass is 19.1. The van der Waals surface area contributed by atoms with Crippen molar-refractivity contribution in [1.82, 2.24) is 4.57 Å². The first-order chi connectivity index (χ1) is 10.6. The molecule has 0 amide bonds. The van der Waals surface area contributed by atoms with Crippen LogP contribution in [0.1, 0.15) is 15.9 Å². The van der Waals surface area contributed by atoms with Gasteiger partial charge in [-0.15, -0.1) is 0 Å². The van der Waals surface area contributed by atoms with Crippen molar-refractivity contribution < 1.29 is 19.1 Å². The minimum atomic E-state index is -0.971. The van der Waals surface area contributed by atoms with E-state index in [1.165, 1.54) is 29.0 Å². The summed E-state index contributed by atoms with van der Waals surface area (Å²) >= 11 is 0. The van der Waals surface area contributed by atoms with Crippen molar-refractivity contribution in [1.29, 1.82) is 0 Å². The number of carboxylic acid groups (broad SMARTS) is 1. The maximum Gasteiger partial charge on any atom is 0.307 e. The lowest BCUT2D eigenvalue weighted by Crippen LogP contribution is -2.11. The Kier molecular flexibility index (Phi) is 3.47. The van der Waals surface area contributed by atoms with Crippen molar-refractivity contribution in [3.8, 4) is 0 Å². The summed E-state index contributed by atoms with van der Waals surface area (Å²) in [5.74, 6) is -1.86. The maximum atomic E-state index is 13.3. The molecule has 0 aliphatic rings. The molecule has 4 nitrogen and oxygen atoms in total. The number of hydrogen-bond acceptors (Lipinski definition) is 2. The standard InChI is InChI=1S/C17H12FNO3/c18-13-5-3-4-11(8-13)17(22)19-10-12(9-16(20)21)14-6-1-2-7-15(14)19/h1-8,10H,9H2,(H,20,21). The number of hydrogen-bond donors (Lipinski definition) is 1. The Morgan fingerprint density at radius 1 is 1.09 bits per heavy atom. The van der Waals surface area contributed by atoms with Gasteiger partial charge in [-0.05, 0) is 29.8 Å². The second kappa shape index (κ2) is 5.44. The van der Waals surface area contributed by atoms with Crippen LogP contribution in [0.15, 0.2) is 54.7 Å². The van der Waals surface area contributed by atoms with Gasteiger partial charge < -0.3 is 5.11 Å².